The molecule has 0 aromatic heterocycles. The van der Waals surface area contributed by atoms with Crippen LogP contribution in [-0.2, 0) is 19.6 Å². The van der Waals surface area contributed by atoms with E-state index in [-0.39, 0.29) is 10.5 Å². The lowest BCUT2D eigenvalue weighted by Crippen LogP contribution is -2.41. The molecular formula is C21H23N3O6S. The summed E-state index contributed by atoms with van der Waals surface area (Å²) in [4.78, 5) is 36.5. The number of amides is 3. The first-order chi connectivity index (χ1) is 14.8. The van der Waals surface area contributed by atoms with E-state index < -0.39 is 34.0 Å². The Labute approximate surface area is 180 Å². The Balaban J connectivity index is 1.60. The van der Waals surface area contributed by atoms with Gasteiger partial charge in [-0.25, -0.2) is 18.0 Å². The molecule has 1 saturated heterocycles. The fraction of sp³-hybridized carbons (Fsp3) is 0.286. The average molecular weight is 445 g/mol. The van der Waals surface area contributed by atoms with E-state index in [0.717, 1.165) is 12.8 Å². The van der Waals surface area contributed by atoms with Crippen molar-refractivity contribution < 1.29 is 27.5 Å². The maximum absolute atomic E-state index is 12.7. The van der Waals surface area contributed by atoms with Gasteiger partial charge in [0.05, 0.1) is 10.5 Å². The predicted octanol–water partition coefficient (Wildman–Crippen LogP) is 2.36. The van der Waals surface area contributed by atoms with Crippen molar-refractivity contribution in [2.24, 2.45) is 0 Å². The second-order valence-electron chi connectivity index (χ2n) is 7.00. The molecule has 1 aliphatic rings. The number of nitrogens with zero attached hydrogens (tertiary/aromatic N) is 1. The highest BCUT2D eigenvalue weighted by Crippen LogP contribution is 2.22. The van der Waals surface area contributed by atoms with E-state index in [1.165, 1.54) is 35.5 Å². The first-order valence-electron chi connectivity index (χ1n) is 9.75. The van der Waals surface area contributed by atoms with E-state index >= 15 is 0 Å². The summed E-state index contributed by atoms with van der Waals surface area (Å²) in [5.41, 5.74) is 0.488. The number of esters is 1. The number of carbonyl (C=O) groups excluding carboxylic acids is 3. The molecular weight excluding hydrogens is 422 g/mol. The van der Waals surface area contributed by atoms with Crippen molar-refractivity contribution in [1.29, 1.82) is 0 Å². The summed E-state index contributed by atoms with van der Waals surface area (Å²) >= 11 is 0. The number of para-hydroxylation sites is 1. The van der Waals surface area contributed by atoms with Crippen LogP contribution in [0.4, 0.5) is 10.5 Å². The van der Waals surface area contributed by atoms with E-state index in [4.69, 9.17) is 4.74 Å². The molecule has 0 spiro atoms. The molecule has 0 aliphatic carbocycles. The summed E-state index contributed by atoms with van der Waals surface area (Å²) < 4.78 is 31.8. The third kappa shape index (κ3) is 5.68. The summed E-state index contributed by atoms with van der Waals surface area (Å²) in [5.74, 6) is -1.69. The number of rotatable bonds is 6. The third-order valence-corrected chi connectivity index (χ3v) is 6.59. The van der Waals surface area contributed by atoms with Crippen LogP contribution in [0.25, 0.3) is 0 Å². The zero-order chi connectivity index (χ0) is 22.4. The monoisotopic (exact) mass is 445 g/mol. The zero-order valence-electron chi connectivity index (χ0n) is 16.9. The van der Waals surface area contributed by atoms with Gasteiger partial charge in [-0.15, -0.1) is 0 Å². The number of urea groups is 1. The van der Waals surface area contributed by atoms with Crippen molar-refractivity contribution in [1.82, 2.24) is 9.62 Å². The molecule has 164 valence electrons. The molecule has 0 bridgehead atoms. The Kier molecular flexibility index (Phi) is 7.03. The first kappa shape index (κ1) is 22.4. The molecule has 2 N–H and O–H groups in total. The van der Waals surface area contributed by atoms with Crippen LogP contribution in [0.3, 0.4) is 0 Å². The minimum Gasteiger partial charge on any atom is -0.449 e. The number of hydrogen-bond acceptors (Lipinski definition) is 6. The summed E-state index contributed by atoms with van der Waals surface area (Å²) in [5, 5.41) is 4.57. The number of nitrogens with one attached hydrogen (secondary N) is 2. The largest absolute Gasteiger partial charge is 0.449 e. The topological polar surface area (TPSA) is 122 Å². The Morgan fingerprint density at radius 2 is 1.68 bits per heavy atom. The summed E-state index contributed by atoms with van der Waals surface area (Å²) in [7, 11) is -3.69. The molecule has 1 heterocycles. The lowest BCUT2D eigenvalue weighted by atomic mass is 10.2. The lowest BCUT2D eigenvalue weighted by Gasteiger charge is -2.16. The minimum atomic E-state index is -3.69. The number of carbonyl (C=O) groups is 3. The van der Waals surface area contributed by atoms with Crippen LogP contribution < -0.4 is 10.6 Å². The van der Waals surface area contributed by atoms with Crippen molar-refractivity contribution in [2.45, 2.75) is 30.8 Å². The van der Waals surface area contributed by atoms with E-state index in [1.807, 2.05) is 0 Å². The lowest BCUT2D eigenvalue weighted by molar-refractivity contribution is -0.127. The van der Waals surface area contributed by atoms with Gasteiger partial charge in [-0.05, 0) is 50.1 Å². The van der Waals surface area contributed by atoms with Crippen molar-refractivity contribution >= 4 is 33.6 Å². The summed E-state index contributed by atoms with van der Waals surface area (Å²) in [6, 6.07) is 13.2. The number of benzene rings is 2. The Hall–Kier alpha value is -3.24. The smallest absolute Gasteiger partial charge is 0.338 e. The highest BCUT2D eigenvalue weighted by atomic mass is 32.2. The van der Waals surface area contributed by atoms with Gasteiger partial charge in [0.2, 0.25) is 10.0 Å². The van der Waals surface area contributed by atoms with Crippen molar-refractivity contribution in [2.75, 3.05) is 18.4 Å². The standard InChI is InChI=1S/C21H23N3O6S/c1-15(19(25)23-21(27)22-17-9-3-2-4-10-17)30-20(26)16-8-7-11-18(14-16)31(28,29)24-12-5-6-13-24/h2-4,7-11,14-15H,5-6,12-13H2,1H3,(H2,22,23,25,27). The van der Waals surface area contributed by atoms with Gasteiger partial charge >= 0.3 is 12.0 Å². The van der Waals surface area contributed by atoms with Crippen LogP contribution in [0.1, 0.15) is 30.1 Å². The zero-order valence-corrected chi connectivity index (χ0v) is 17.7. The second-order valence-corrected chi connectivity index (χ2v) is 8.93. The summed E-state index contributed by atoms with van der Waals surface area (Å²) in [6.07, 6.45) is 0.324. The van der Waals surface area contributed by atoms with Crippen molar-refractivity contribution in [3.8, 4) is 0 Å². The highest BCUT2D eigenvalue weighted by Gasteiger charge is 2.28. The van der Waals surface area contributed by atoms with Gasteiger partial charge in [0.1, 0.15) is 0 Å². The Morgan fingerprint density at radius 3 is 2.35 bits per heavy atom. The fourth-order valence-corrected chi connectivity index (χ4v) is 4.60. The van der Waals surface area contributed by atoms with Gasteiger partial charge in [-0.2, -0.15) is 4.31 Å². The van der Waals surface area contributed by atoms with Gasteiger partial charge in [0.25, 0.3) is 5.91 Å². The molecule has 1 aliphatic heterocycles. The van der Waals surface area contributed by atoms with Gasteiger partial charge in [0.15, 0.2) is 6.10 Å². The molecule has 1 atom stereocenters. The van der Waals surface area contributed by atoms with Crippen LogP contribution in [-0.4, -0.2) is 49.8 Å². The van der Waals surface area contributed by atoms with E-state index in [0.29, 0.717) is 18.8 Å². The summed E-state index contributed by atoms with van der Waals surface area (Å²) in [6.45, 7) is 2.20. The van der Waals surface area contributed by atoms with Crippen LogP contribution in [0.2, 0.25) is 0 Å². The number of sulfonamides is 1. The quantitative estimate of drug-likeness (QED) is 0.659. The molecule has 2 aromatic carbocycles. The molecule has 3 rings (SSSR count). The molecule has 1 unspecified atom stereocenters. The van der Waals surface area contributed by atoms with Gasteiger partial charge in [0, 0.05) is 18.8 Å². The van der Waals surface area contributed by atoms with Gasteiger partial charge < -0.3 is 10.1 Å². The van der Waals surface area contributed by atoms with Crippen molar-refractivity contribution in [3.63, 3.8) is 0 Å². The fourth-order valence-electron chi connectivity index (χ4n) is 3.04. The van der Waals surface area contributed by atoms with E-state index in [1.54, 1.807) is 30.3 Å². The van der Waals surface area contributed by atoms with Crippen LogP contribution in [0.5, 0.6) is 0 Å². The highest BCUT2D eigenvalue weighted by molar-refractivity contribution is 7.89. The Bertz CT molecular complexity index is 1070. The Morgan fingerprint density at radius 1 is 1.00 bits per heavy atom. The molecule has 31 heavy (non-hydrogen) atoms. The van der Waals surface area contributed by atoms with Crippen LogP contribution in [0.15, 0.2) is 59.5 Å². The molecule has 1 fully saturated rings. The van der Waals surface area contributed by atoms with Gasteiger partial charge in [-0.1, -0.05) is 24.3 Å². The molecule has 9 nitrogen and oxygen atoms in total. The molecule has 3 amide bonds. The van der Waals surface area contributed by atoms with E-state index in [2.05, 4.69) is 10.6 Å². The maximum Gasteiger partial charge on any atom is 0.338 e. The van der Waals surface area contributed by atoms with Crippen molar-refractivity contribution in [3.05, 3.63) is 60.2 Å². The second kappa shape index (κ2) is 9.71. The van der Waals surface area contributed by atoms with Gasteiger partial charge in [-0.3, -0.25) is 10.1 Å². The SMILES string of the molecule is CC(OC(=O)c1cccc(S(=O)(=O)N2CCCC2)c1)C(=O)NC(=O)Nc1ccccc1. The first-order valence-corrected chi connectivity index (χ1v) is 11.2. The number of anilines is 1. The number of imide groups is 1. The van der Waals surface area contributed by atoms with E-state index in [9.17, 15) is 22.8 Å². The van der Waals surface area contributed by atoms with Crippen LogP contribution in [0, 0.1) is 0 Å². The molecule has 0 radical (unpaired) electrons. The molecule has 2 aromatic rings. The average Bonchev–Trinajstić information content (AvgIpc) is 3.30. The molecule has 10 heteroatoms. The predicted molar refractivity (Wildman–Crippen MR) is 113 cm³/mol. The minimum absolute atomic E-state index is 0.00587. The van der Waals surface area contributed by atoms with Crippen LogP contribution >= 0.6 is 0 Å². The number of hydrogen-bond donors (Lipinski definition) is 2. The normalized spacial score (nSPS) is 15.1. The molecule has 0 saturated carbocycles. The third-order valence-electron chi connectivity index (χ3n) is 4.69. The maximum atomic E-state index is 12.7. The number of ether oxygens (including phenoxy) is 1.